The van der Waals surface area contributed by atoms with Crippen molar-refractivity contribution in [2.75, 3.05) is 18.8 Å². The largest absolute Gasteiger partial charge is 0.214 e. The second-order valence-corrected chi connectivity index (χ2v) is 6.43. The normalized spacial score (nSPS) is 28.5. The van der Waals surface area contributed by atoms with E-state index < -0.39 is 10.0 Å². The predicted molar refractivity (Wildman–Crippen MR) is 51.9 cm³/mol. The van der Waals surface area contributed by atoms with Crippen LogP contribution < -0.4 is 0 Å². The molecule has 0 aromatic rings. The van der Waals surface area contributed by atoms with Gasteiger partial charge in [-0.05, 0) is 24.7 Å². The van der Waals surface area contributed by atoms with E-state index >= 15 is 0 Å². The Balaban J connectivity index is 2.02. The van der Waals surface area contributed by atoms with E-state index in [0.717, 1.165) is 19.3 Å². The average molecular weight is 214 g/mol. The molecule has 0 aromatic carbocycles. The molecule has 1 aliphatic heterocycles. The topological polar surface area (TPSA) is 61.2 Å². The molecule has 14 heavy (non-hydrogen) atoms. The molecule has 0 atom stereocenters. The van der Waals surface area contributed by atoms with E-state index in [1.54, 1.807) is 4.31 Å². The van der Waals surface area contributed by atoms with Crippen LogP contribution >= 0.6 is 0 Å². The zero-order valence-corrected chi connectivity index (χ0v) is 8.89. The van der Waals surface area contributed by atoms with Crippen LogP contribution in [-0.4, -0.2) is 31.6 Å². The van der Waals surface area contributed by atoms with E-state index in [0.29, 0.717) is 19.5 Å². The summed E-state index contributed by atoms with van der Waals surface area (Å²) in [5.41, 5.74) is 0.00611. The molecule has 4 nitrogen and oxygen atoms in total. The van der Waals surface area contributed by atoms with E-state index in [-0.39, 0.29) is 11.2 Å². The number of sulfonamides is 1. The first-order valence-corrected chi connectivity index (χ1v) is 6.54. The zero-order valence-electron chi connectivity index (χ0n) is 8.07. The molecule has 78 valence electrons. The minimum atomic E-state index is -2.97. The molecule has 0 bridgehead atoms. The Bertz CT molecular complexity index is 365. The number of rotatable bonds is 3. The zero-order chi connectivity index (χ0) is 10.2. The molecular weight excluding hydrogens is 200 g/mol. The summed E-state index contributed by atoms with van der Waals surface area (Å²) >= 11 is 0. The van der Waals surface area contributed by atoms with Crippen molar-refractivity contribution < 1.29 is 8.42 Å². The Morgan fingerprint density at radius 1 is 1.43 bits per heavy atom. The van der Waals surface area contributed by atoms with Crippen LogP contribution in [0.25, 0.3) is 0 Å². The SMILES string of the molecule is N#CCC1(CN2CCCS2(=O)=O)CC1. The first kappa shape index (κ1) is 9.94. The van der Waals surface area contributed by atoms with Crippen molar-refractivity contribution >= 4 is 10.0 Å². The molecule has 0 spiro atoms. The monoisotopic (exact) mass is 214 g/mol. The van der Waals surface area contributed by atoms with Gasteiger partial charge in [-0.3, -0.25) is 0 Å². The summed E-state index contributed by atoms with van der Waals surface area (Å²) in [6.07, 6.45) is 3.25. The second-order valence-electron chi connectivity index (χ2n) is 4.34. The van der Waals surface area contributed by atoms with Gasteiger partial charge in [-0.1, -0.05) is 0 Å². The highest BCUT2D eigenvalue weighted by Gasteiger charge is 2.46. The molecule has 0 N–H and O–H groups in total. The summed E-state index contributed by atoms with van der Waals surface area (Å²) in [4.78, 5) is 0. The molecule has 2 rings (SSSR count). The predicted octanol–water partition coefficient (Wildman–Crippen LogP) is 0.716. The third-order valence-electron chi connectivity index (χ3n) is 3.13. The maximum atomic E-state index is 11.5. The van der Waals surface area contributed by atoms with Gasteiger partial charge in [0, 0.05) is 19.5 Å². The first-order chi connectivity index (χ1) is 6.58. The Morgan fingerprint density at radius 3 is 2.57 bits per heavy atom. The van der Waals surface area contributed by atoms with Crippen molar-refractivity contribution in [3.05, 3.63) is 0 Å². The standard InChI is InChI=1S/C9H14N2O2S/c10-5-4-9(2-3-9)8-11-6-1-7-14(11,12)13/h1-4,6-8H2. The van der Waals surface area contributed by atoms with Gasteiger partial charge in [0.2, 0.25) is 10.0 Å². The molecule has 2 aliphatic rings. The van der Waals surface area contributed by atoms with Crippen LogP contribution in [0.2, 0.25) is 0 Å². The molecular formula is C9H14N2O2S. The van der Waals surface area contributed by atoms with E-state index in [9.17, 15) is 8.42 Å². The van der Waals surface area contributed by atoms with E-state index in [1.165, 1.54) is 0 Å². The van der Waals surface area contributed by atoms with Crippen LogP contribution in [0, 0.1) is 16.7 Å². The van der Waals surface area contributed by atoms with Crippen molar-refractivity contribution in [2.24, 2.45) is 5.41 Å². The Morgan fingerprint density at radius 2 is 2.14 bits per heavy atom. The van der Waals surface area contributed by atoms with E-state index in [2.05, 4.69) is 6.07 Å². The van der Waals surface area contributed by atoms with Crippen molar-refractivity contribution in [3.63, 3.8) is 0 Å². The Hall–Kier alpha value is -0.600. The molecule has 0 amide bonds. The van der Waals surface area contributed by atoms with Gasteiger partial charge in [-0.15, -0.1) is 0 Å². The van der Waals surface area contributed by atoms with Crippen molar-refractivity contribution in [1.82, 2.24) is 4.31 Å². The minimum Gasteiger partial charge on any atom is -0.212 e. The number of nitrogens with zero attached hydrogens (tertiary/aromatic N) is 2. The van der Waals surface area contributed by atoms with Crippen molar-refractivity contribution in [2.45, 2.75) is 25.7 Å². The summed E-state index contributed by atoms with van der Waals surface area (Å²) < 4.78 is 24.6. The molecule has 0 radical (unpaired) electrons. The van der Waals surface area contributed by atoms with Crippen LogP contribution in [0.15, 0.2) is 0 Å². The number of hydrogen-bond donors (Lipinski definition) is 0. The molecule has 1 saturated carbocycles. The summed E-state index contributed by atoms with van der Waals surface area (Å²) in [5.74, 6) is 0.287. The lowest BCUT2D eigenvalue weighted by Crippen LogP contribution is -2.32. The minimum absolute atomic E-state index is 0.00611. The number of nitriles is 1. The van der Waals surface area contributed by atoms with Gasteiger partial charge in [0.1, 0.15) is 0 Å². The third-order valence-corrected chi connectivity index (χ3v) is 5.03. The number of hydrogen-bond acceptors (Lipinski definition) is 3. The smallest absolute Gasteiger partial charge is 0.212 e. The second kappa shape index (κ2) is 3.21. The fourth-order valence-electron chi connectivity index (χ4n) is 1.98. The molecule has 0 aromatic heterocycles. The Kier molecular flexibility index (Phi) is 2.28. The van der Waals surface area contributed by atoms with Gasteiger partial charge in [-0.25, -0.2) is 12.7 Å². The van der Waals surface area contributed by atoms with Crippen molar-refractivity contribution in [3.8, 4) is 6.07 Å². The first-order valence-electron chi connectivity index (χ1n) is 4.93. The van der Waals surface area contributed by atoms with Gasteiger partial charge in [0.25, 0.3) is 0 Å². The quantitative estimate of drug-likeness (QED) is 0.695. The molecule has 5 heteroatoms. The fourth-order valence-corrected chi connectivity index (χ4v) is 3.61. The summed E-state index contributed by atoms with van der Waals surface area (Å²) in [7, 11) is -2.97. The van der Waals surface area contributed by atoms with Gasteiger partial charge < -0.3 is 0 Å². The van der Waals surface area contributed by atoms with Crippen molar-refractivity contribution in [1.29, 1.82) is 5.26 Å². The maximum absolute atomic E-state index is 11.5. The van der Waals surface area contributed by atoms with Crippen LogP contribution in [0.1, 0.15) is 25.7 Å². The van der Waals surface area contributed by atoms with Gasteiger partial charge in [0.15, 0.2) is 0 Å². The van der Waals surface area contributed by atoms with Crippen LogP contribution in [-0.2, 0) is 10.0 Å². The molecule has 1 aliphatic carbocycles. The summed E-state index contributed by atoms with van der Waals surface area (Å²) in [6.45, 7) is 1.22. The maximum Gasteiger partial charge on any atom is 0.214 e. The summed E-state index contributed by atoms with van der Waals surface area (Å²) in [5, 5.41) is 8.63. The van der Waals surface area contributed by atoms with E-state index in [1.807, 2.05) is 0 Å². The molecule has 1 saturated heterocycles. The third kappa shape index (κ3) is 1.77. The lowest BCUT2D eigenvalue weighted by molar-refractivity contribution is 0.348. The van der Waals surface area contributed by atoms with Crippen LogP contribution in [0.5, 0.6) is 0 Å². The summed E-state index contributed by atoms with van der Waals surface area (Å²) in [6, 6.07) is 2.15. The highest BCUT2D eigenvalue weighted by Crippen LogP contribution is 2.49. The Labute approximate surface area is 84.6 Å². The highest BCUT2D eigenvalue weighted by molar-refractivity contribution is 7.89. The molecule has 2 fully saturated rings. The van der Waals surface area contributed by atoms with Crippen LogP contribution in [0.3, 0.4) is 0 Å². The average Bonchev–Trinajstić information content (AvgIpc) is 2.76. The molecule has 0 unspecified atom stereocenters. The van der Waals surface area contributed by atoms with E-state index in [4.69, 9.17) is 5.26 Å². The highest BCUT2D eigenvalue weighted by atomic mass is 32.2. The fraction of sp³-hybridized carbons (Fsp3) is 0.889. The molecule has 1 heterocycles. The van der Waals surface area contributed by atoms with Gasteiger partial charge in [0.05, 0.1) is 11.8 Å². The lowest BCUT2D eigenvalue weighted by atomic mass is 10.0. The lowest BCUT2D eigenvalue weighted by Gasteiger charge is -2.19. The van der Waals surface area contributed by atoms with Gasteiger partial charge >= 0.3 is 0 Å². The van der Waals surface area contributed by atoms with Crippen LogP contribution in [0.4, 0.5) is 0 Å². The van der Waals surface area contributed by atoms with Gasteiger partial charge in [-0.2, -0.15) is 5.26 Å².